The van der Waals surface area contributed by atoms with Crippen LogP contribution >= 0.6 is 0 Å². The van der Waals surface area contributed by atoms with Gasteiger partial charge in [-0.2, -0.15) is 0 Å². The van der Waals surface area contributed by atoms with E-state index >= 15 is 0 Å². The number of nitrogens with two attached hydrogens (primary N) is 2. The summed E-state index contributed by atoms with van der Waals surface area (Å²) in [6.07, 6.45) is 0.616. The zero-order chi connectivity index (χ0) is 15.8. The molecule has 116 valence electrons. The fourth-order valence-electron chi connectivity index (χ4n) is 2.70. The fraction of sp³-hybridized carbons (Fsp3) is 0.462. The highest BCUT2D eigenvalue weighted by Gasteiger charge is 2.30. The van der Waals surface area contributed by atoms with Crippen molar-refractivity contribution in [3.63, 3.8) is 0 Å². The van der Waals surface area contributed by atoms with Crippen molar-refractivity contribution in [1.82, 2.24) is 5.32 Å². The Hall–Kier alpha value is -1.80. The standard InChI is InChI=1S/C13H20N4O3S/c1-3-10-13(18)16-4-5-17(10)11-6-9(14)7-12(8(11)2)21(15,19)20/h6-7,10H,3-5,14H2,1-2H3,(H,16,18)(H2,15,19,20). The van der Waals surface area contributed by atoms with E-state index in [1.807, 2.05) is 11.8 Å². The lowest BCUT2D eigenvalue weighted by molar-refractivity contribution is -0.123. The summed E-state index contributed by atoms with van der Waals surface area (Å²) in [5, 5.41) is 8.05. The van der Waals surface area contributed by atoms with E-state index in [0.717, 1.165) is 0 Å². The number of sulfonamides is 1. The Morgan fingerprint density at radius 2 is 2.10 bits per heavy atom. The Morgan fingerprint density at radius 1 is 1.43 bits per heavy atom. The van der Waals surface area contributed by atoms with Crippen molar-refractivity contribution in [3.05, 3.63) is 17.7 Å². The van der Waals surface area contributed by atoms with Crippen LogP contribution in [0.2, 0.25) is 0 Å². The van der Waals surface area contributed by atoms with Crippen molar-refractivity contribution in [2.45, 2.75) is 31.2 Å². The van der Waals surface area contributed by atoms with E-state index in [1.165, 1.54) is 6.07 Å². The molecule has 1 aromatic rings. The van der Waals surface area contributed by atoms with Crippen molar-refractivity contribution in [3.8, 4) is 0 Å². The minimum absolute atomic E-state index is 0.00154. The van der Waals surface area contributed by atoms with Gasteiger partial charge in [-0.3, -0.25) is 4.79 Å². The molecule has 1 saturated heterocycles. The second-order valence-corrected chi connectivity index (χ2v) is 6.65. The number of piperazine rings is 1. The number of primary sulfonamides is 1. The summed E-state index contributed by atoms with van der Waals surface area (Å²) >= 11 is 0. The maximum Gasteiger partial charge on any atom is 0.242 e. The molecule has 0 aliphatic carbocycles. The van der Waals surface area contributed by atoms with Gasteiger partial charge < -0.3 is 16.0 Å². The SMILES string of the molecule is CCC1C(=O)NCCN1c1cc(N)cc(S(N)(=O)=O)c1C. The molecule has 1 aliphatic rings. The molecule has 1 amide bonds. The number of nitrogens with zero attached hydrogens (tertiary/aromatic N) is 1. The predicted octanol–water partition coefficient (Wildman–Crippen LogP) is -0.0606. The van der Waals surface area contributed by atoms with Crippen molar-refractivity contribution >= 4 is 27.3 Å². The summed E-state index contributed by atoms with van der Waals surface area (Å²) in [7, 11) is -3.86. The molecule has 1 atom stereocenters. The van der Waals surface area contributed by atoms with Crippen LogP contribution < -0.4 is 21.1 Å². The first kappa shape index (κ1) is 15.6. The summed E-state index contributed by atoms with van der Waals surface area (Å²) in [4.78, 5) is 13.8. The quantitative estimate of drug-likeness (QED) is 0.676. The Bertz CT molecular complexity index is 672. The molecule has 5 N–H and O–H groups in total. The van der Waals surface area contributed by atoms with Gasteiger partial charge in [-0.1, -0.05) is 6.92 Å². The van der Waals surface area contributed by atoms with Gasteiger partial charge in [0.2, 0.25) is 15.9 Å². The van der Waals surface area contributed by atoms with E-state index in [1.54, 1.807) is 13.0 Å². The van der Waals surface area contributed by atoms with Gasteiger partial charge in [0.15, 0.2) is 0 Å². The molecule has 2 rings (SSSR count). The Kier molecular flexibility index (Phi) is 4.11. The number of amides is 1. The number of hydrogen-bond donors (Lipinski definition) is 3. The number of nitrogens with one attached hydrogen (secondary N) is 1. The second-order valence-electron chi connectivity index (χ2n) is 5.12. The van der Waals surface area contributed by atoms with Crippen molar-refractivity contribution < 1.29 is 13.2 Å². The zero-order valence-electron chi connectivity index (χ0n) is 12.1. The smallest absolute Gasteiger partial charge is 0.242 e. The molecular formula is C13H20N4O3S. The van der Waals surface area contributed by atoms with Gasteiger partial charge in [0.05, 0.1) is 4.90 Å². The number of benzene rings is 1. The highest BCUT2D eigenvalue weighted by molar-refractivity contribution is 7.89. The van der Waals surface area contributed by atoms with Gasteiger partial charge >= 0.3 is 0 Å². The largest absolute Gasteiger partial charge is 0.399 e. The molecule has 21 heavy (non-hydrogen) atoms. The van der Waals surface area contributed by atoms with Gasteiger partial charge in [0, 0.05) is 24.5 Å². The van der Waals surface area contributed by atoms with Crippen LogP contribution in [0.4, 0.5) is 11.4 Å². The number of rotatable bonds is 3. The number of anilines is 2. The van der Waals surface area contributed by atoms with Crippen molar-refractivity contribution in [2.24, 2.45) is 5.14 Å². The third-order valence-electron chi connectivity index (χ3n) is 3.69. The highest BCUT2D eigenvalue weighted by atomic mass is 32.2. The van der Waals surface area contributed by atoms with Crippen LogP contribution in [0.25, 0.3) is 0 Å². The van der Waals surface area contributed by atoms with Gasteiger partial charge in [0.25, 0.3) is 0 Å². The minimum atomic E-state index is -3.86. The van der Waals surface area contributed by atoms with Gasteiger partial charge in [-0.05, 0) is 31.0 Å². The molecule has 1 aromatic carbocycles. The van der Waals surface area contributed by atoms with Crippen molar-refractivity contribution in [1.29, 1.82) is 0 Å². The third-order valence-corrected chi connectivity index (χ3v) is 4.73. The fourth-order valence-corrected chi connectivity index (χ4v) is 3.53. The average molecular weight is 312 g/mol. The zero-order valence-corrected chi connectivity index (χ0v) is 12.9. The van der Waals surface area contributed by atoms with Crippen LogP contribution in [0.3, 0.4) is 0 Å². The van der Waals surface area contributed by atoms with Crippen molar-refractivity contribution in [2.75, 3.05) is 23.7 Å². The highest BCUT2D eigenvalue weighted by Crippen LogP contribution is 2.31. The lowest BCUT2D eigenvalue weighted by Gasteiger charge is -2.37. The van der Waals surface area contributed by atoms with E-state index in [9.17, 15) is 13.2 Å². The third kappa shape index (κ3) is 2.96. The van der Waals surface area contributed by atoms with Crippen LogP contribution in [0, 0.1) is 6.92 Å². The summed E-state index contributed by atoms with van der Waals surface area (Å²) in [6, 6.07) is 2.69. The first-order chi connectivity index (χ1) is 9.75. The Labute approximate surface area is 124 Å². The van der Waals surface area contributed by atoms with E-state index in [0.29, 0.717) is 36.4 Å². The van der Waals surface area contributed by atoms with Crippen LogP contribution in [-0.2, 0) is 14.8 Å². The monoisotopic (exact) mass is 312 g/mol. The number of carbonyl (C=O) groups is 1. The number of hydrogen-bond acceptors (Lipinski definition) is 5. The molecule has 1 aliphatic heterocycles. The molecule has 0 spiro atoms. The molecular weight excluding hydrogens is 292 g/mol. The first-order valence-electron chi connectivity index (χ1n) is 6.73. The minimum Gasteiger partial charge on any atom is -0.399 e. The predicted molar refractivity (Wildman–Crippen MR) is 81.4 cm³/mol. The lowest BCUT2D eigenvalue weighted by atomic mass is 10.1. The topological polar surface area (TPSA) is 119 Å². The molecule has 8 heteroatoms. The van der Waals surface area contributed by atoms with Gasteiger partial charge in [0.1, 0.15) is 6.04 Å². The number of carbonyl (C=O) groups excluding carboxylic acids is 1. The molecule has 1 fully saturated rings. The average Bonchev–Trinajstić information content (AvgIpc) is 2.39. The molecule has 0 saturated carbocycles. The summed E-state index contributed by atoms with van der Waals surface area (Å²) in [5.41, 5.74) is 7.27. The van der Waals surface area contributed by atoms with Crippen LogP contribution in [0.15, 0.2) is 17.0 Å². The first-order valence-corrected chi connectivity index (χ1v) is 8.27. The van der Waals surface area contributed by atoms with E-state index in [-0.39, 0.29) is 16.8 Å². The van der Waals surface area contributed by atoms with E-state index < -0.39 is 10.0 Å². The van der Waals surface area contributed by atoms with E-state index in [2.05, 4.69) is 5.32 Å². The van der Waals surface area contributed by atoms with Crippen LogP contribution in [0.5, 0.6) is 0 Å². The maximum atomic E-state index is 12.0. The Balaban J connectivity index is 2.58. The molecule has 0 radical (unpaired) electrons. The van der Waals surface area contributed by atoms with Gasteiger partial charge in [-0.25, -0.2) is 13.6 Å². The molecule has 0 aromatic heterocycles. The summed E-state index contributed by atoms with van der Waals surface area (Å²) in [5.74, 6) is -0.0669. The molecule has 0 bridgehead atoms. The summed E-state index contributed by atoms with van der Waals surface area (Å²) in [6.45, 7) is 4.69. The number of nitrogen functional groups attached to an aromatic ring is 1. The van der Waals surface area contributed by atoms with Crippen LogP contribution in [0.1, 0.15) is 18.9 Å². The Morgan fingerprint density at radius 3 is 2.67 bits per heavy atom. The summed E-state index contributed by atoms with van der Waals surface area (Å²) < 4.78 is 23.4. The second kappa shape index (κ2) is 5.53. The van der Waals surface area contributed by atoms with Gasteiger partial charge in [-0.15, -0.1) is 0 Å². The normalized spacial score (nSPS) is 19.5. The van der Waals surface area contributed by atoms with E-state index in [4.69, 9.17) is 10.9 Å². The lowest BCUT2D eigenvalue weighted by Crippen LogP contribution is -2.55. The maximum absolute atomic E-state index is 12.0. The molecule has 1 heterocycles. The van der Waals surface area contributed by atoms with Crippen LogP contribution in [-0.4, -0.2) is 33.5 Å². The molecule has 7 nitrogen and oxygen atoms in total. The molecule has 1 unspecified atom stereocenters.